The van der Waals surface area contributed by atoms with Crippen molar-refractivity contribution in [2.24, 2.45) is 0 Å². The van der Waals surface area contributed by atoms with Crippen molar-refractivity contribution in [1.82, 2.24) is 0 Å². The van der Waals surface area contributed by atoms with Crippen molar-refractivity contribution in [1.29, 1.82) is 0 Å². The van der Waals surface area contributed by atoms with Crippen molar-refractivity contribution in [3.63, 3.8) is 0 Å². The van der Waals surface area contributed by atoms with Gasteiger partial charge >= 0.3 is 51.4 Å². The van der Waals surface area contributed by atoms with Gasteiger partial charge in [0.2, 0.25) is 0 Å². The van der Waals surface area contributed by atoms with Gasteiger partial charge in [-0.05, 0) is 6.92 Å². The van der Waals surface area contributed by atoms with E-state index in [0.29, 0.717) is 0 Å². The fourth-order valence-electron chi connectivity index (χ4n) is 0. The molecule has 0 atom stereocenters. The molecule has 2 N–H and O–H groups in total. The van der Waals surface area contributed by atoms with Crippen LogP contribution in [0.2, 0.25) is 0 Å². The second kappa shape index (κ2) is 11.4. The van der Waals surface area contributed by atoms with Gasteiger partial charge < -0.3 is 15.6 Å². The van der Waals surface area contributed by atoms with Crippen LogP contribution >= 0.6 is 0 Å². The molecule has 0 aromatic rings. The number of carbonyl (C=O) groups is 2. The van der Waals surface area contributed by atoms with Crippen LogP contribution in [0.4, 0.5) is 0 Å². The Labute approximate surface area is 96.2 Å². The summed E-state index contributed by atoms with van der Waals surface area (Å²) in [7, 11) is 0. The van der Waals surface area contributed by atoms with Crippen LogP contribution < -0.4 is 51.4 Å². The monoisotopic (exact) mass is 157 g/mol. The van der Waals surface area contributed by atoms with Crippen LogP contribution in [0, 0.1) is 0 Å². The maximum absolute atomic E-state index is 9.11. The van der Waals surface area contributed by atoms with Crippen molar-refractivity contribution in [2.75, 3.05) is 0 Å². The summed E-state index contributed by atoms with van der Waals surface area (Å²) in [5, 5.41) is 7.42. The maximum atomic E-state index is 9.11. The molecule has 5 heteroatoms. The molecule has 48 valence electrons. The minimum Gasteiger partial charge on any atom is -0.668 e. The molecule has 0 rings (SSSR count). The smallest absolute Gasteiger partial charge is 0.668 e. The average molecular weight is 157 g/mol. The van der Waals surface area contributed by atoms with E-state index in [-0.39, 0.29) is 51.4 Å². The molecule has 0 bridgehead atoms. The Bertz CT molecular complexity index is 73.8. The summed E-state index contributed by atoms with van der Waals surface area (Å²) in [4.78, 5) is 18.1. The fourth-order valence-corrected chi connectivity index (χ4v) is 0. The van der Waals surface area contributed by atoms with E-state index < -0.39 is 11.9 Å². The minimum atomic E-state index is -0.833. The third-order valence-corrected chi connectivity index (χ3v) is 0. The SMILES string of the molecule is CC(=O)O.CC([NH-])=O.[K+]. The van der Waals surface area contributed by atoms with Crippen molar-refractivity contribution < 1.29 is 66.1 Å². The van der Waals surface area contributed by atoms with Gasteiger partial charge in [0.25, 0.3) is 5.97 Å². The Kier molecular flexibility index (Phi) is 20.6. The number of aliphatic carboxylic acids is 1. The second-order valence-electron chi connectivity index (χ2n) is 1.08. The first-order valence-corrected chi connectivity index (χ1v) is 1.88. The number of hydrogen-bond donors (Lipinski definition) is 1. The largest absolute Gasteiger partial charge is 1.00 e. The van der Waals surface area contributed by atoms with Crippen molar-refractivity contribution in [2.45, 2.75) is 13.8 Å². The number of nitrogens with one attached hydrogen (secondary N) is 1. The van der Waals surface area contributed by atoms with Crippen LogP contribution in [0.25, 0.3) is 5.73 Å². The number of rotatable bonds is 0. The van der Waals surface area contributed by atoms with E-state index in [2.05, 4.69) is 0 Å². The van der Waals surface area contributed by atoms with Gasteiger partial charge in [0.1, 0.15) is 0 Å². The Morgan fingerprint density at radius 3 is 1.33 bits per heavy atom. The van der Waals surface area contributed by atoms with Crippen LogP contribution in [-0.2, 0) is 9.59 Å². The molecule has 0 saturated heterocycles. The van der Waals surface area contributed by atoms with Gasteiger partial charge in [-0.15, -0.1) is 0 Å². The fraction of sp³-hybridized carbons (Fsp3) is 0.500. The van der Waals surface area contributed by atoms with Gasteiger partial charge in [0.15, 0.2) is 0 Å². The average Bonchev–Trinajstić information content (AvgIpc) is 1.25. The van der Waals surface area contributed by atoms with Crippen LogP contribution in [0.15, 0.2) is 0 Å². The molecule has 4 nitrogen and oxygen atoms in total. The van der Waals surface area contributed by atoms with Crippen LogP contribution in [0.5, 0.6) is 0 Å². The van der Waals surface area contributed by atoms with Gasteiger partial charge in [-0.2, -0.15) is 0 Å². The third-order valence-electron chi connectivity index (χ3n) is 0. The molecule has 1 amide bonds. The third kappa shape index (κ3) is 1120. The summed E-state index contributed by atoms with van der Waals surface area (Å²) in [5.74, 6) is -1.42. The molecular weight excluding hydrogens is 149 g/mol. The predicted octanol–water partition coefficient (Wildman–Crippen LogP) is -2.32. The Balaban J connectivity index is -0.0000000720. The van der Waals surface area contributed by atoms with Crippen LogP contribution in [0.3, 0.4) is 0 Å². The summed E-state index contributed by atoms with van der Waals surface area (Å²) in [6.07, 6.45) is 0. The summed E-state index contributed by atoms with van der Waals surface area (Å²) in [6, 6.07) is 0. The zero-order chi connectivity index (χ0) is 7.15. The van der Waals surface area contributed by atoms with E-state index in [9.17, 15) is 0 Å². The number of amides is 1. The van der Waals surface area contributed by atoms with Crippen LogP contribution in [-0.4, -0.2) is 17.0 Å². The predicted molar refractivity (Wildman–Crippen MR) is 28.3 cm³/mol. The molecule has 0 unspecified atom stereocenters. The van der Waals surface area contributed by atoms with Crippen molar-refractivity contribution in [3.8, 4) is 0 Å². The quantitative estimate of drug-likeness (QED) is 0.401. The van der Waals surface area contributed by atoms with Gasteiger partial charge in [-0.1, -0.05) is 0 Å². The van der Waals surface area contributed by atoms with Gasteiger partial charge in [-0.3, -0.25) is 4.79 Å². The molecule has 0 radical (unpaired) electrons. The van der Waals surface area contributed by atoms with E-state index in [4.69, 9.17) is 20.4 Å². The van der Waals surface area contributed by atoms with E-state index >= 15 is 0 Å². The number of carbonyl (C=O) groups excluding carboxylic acids is 1. The number of carboxylic acids is 1. The summed E-state index contributed by atoms with van der Waals surface area (Å²) >= 11 is 0. The molecule has 0 fully saturated rings. The first-order valence-electron chi connectivity index (χ1n) is 1.88. The van der Waals surface area contributed by atoms with E-state index in [1.807, 2.05) is 0 Å². The molecule has 0 spiro atoms. The summed E-state index contributed by atoms with van der Waals surface area (Å²) in [5.41, 5.74) is 5.94. The van der Waals surface area contributed by atoms with Gasteiger partial charge in [0.05, 0.1) is 0 Å². The Morgan fingerprint density at radius 1 is 1.33 bits per heavy atom. The van der Waals surface area contributed by atoms with Crippen molar-refractivity contribution >= 4 is 11.9 Å². The zero-order valence-electron chi connectivity index (χ0n) is 5.76. The Morgan fingerprint density at radius 2 is 1.33 bits per heavy atom. The molecule has 9 heavy (non-hydrogen) atoms. The number of carboxylic acid groups (broad SMARTS) is 1. The topological polar surface area (TPSA) is 78.2 Å². The molecule has 0 aliphatic heterocycles. The molecule has 0 aliphatic rings. The normalized spacial score (nSPS) is 5.56. The van der Waals surface area contributed by atoms with Gasteiger partial charge in [0, 0.05) is 12.8 Å². The molecule has 0 heterocycles. The summed E-state index contributed by atoms with van der Waals surface area (Å²) < 4.78 is 0. The molecule has 0 aromatic carbocycles. The van der Waals surface area contributed by atoms with E-state index in [1.165, 1.54) is 6.92 Å². The van der Waals surface area contributed by atoms with Gasteiger partial charge in [-0.25, -0.2) is 0 Å². The number of hydrogen-bond acceptors (Lipinski definition) is 2. The molecule has 0 saturated carbocycles. The zero-order valence-corrected chi connectivity index (χ0v) is 8.89. The molecular formula is C4H8KNO3. The summed E-state index contributed by atoms with van der Waals surface area (Å²) in [6.45, 7) is 2.28. The first-order chi connectivity index (χ1) is 3.46. The minimum absolute atomic E-state index is 0. The van der Waals surface area contributed by atoms with E-state index in [1.54, 1.807) is 0 Å². The first kappa shape index (κ1) is 16.3. The molecule has 0 aromatic heterocycles. The Hall–Kier alpha value is 0.576. The van der Waals surface area contributed by atoms with E-state index in [0.717, 1.165) is 6.92 Å². The maximum Gasteiger partial charge on any atom is 1.00 e. The standard InChI is InChI=1S/C2H5NO.C2H4O2.K/c2*1-2(3)4;/h1H3,(H2,3,4);1H3,(H,3,4);/q;;+1/p-1. The molecule has 0 aliphatic carbocycles. The van der Waals surface area contributed by atoms with Crippen LogP contribution in [0.1, 0.15) is 13.8 Å². The second-order valence-corrected chi connectivity index (χ2v) is 1.08. The van der Waals surface area contributed by atoms with Crippen molar-refractivity contribution in [3.05, 3.63) is 5.73 Å².